The topological polar surface area (TPSA) is 75.7 Å². The molecule has 0 saturated carbocycles. The van der Waals surface area contributed by atoms with Crippen LogP contribution >= 0.6 is 11.6 Å². The maximum atomic E-state index is 13.1. The molecule has 0 heterocycles. The summed E-state index contributed by atoms with van der Waals surface area (Å²) in [5.74, 6) is 0.367. The van der Waals surface area contributed by atoms with Gasteiger partial charge in [-0.3, -0.25) is 9.10 Å². The molecule has 0 saturated heterocycles. The highest BCUT2D eigenvalue weighted by Crippen LogP contribution is 2.26. The summed E-state index contributed by atoms with van der Waals surface area (Å²) in [6.45, 7) is 3.74. The van der Waals surface area contributed by atoms with Crippen molar-refractivity contribution in [2.45, 2.75) is 38.8 Å². The molecule has 2 aromatic carbocycles. The normalized spacial score (nSPS) is 13.4. The minimum absolute atomic E-state index is 0.247. The van der Waals surface area contributed by atoms with Crippen molar-refractivity contribution in [3.63, 3.8) is 0 Å². The second-order valence-electron chi connectivity index (χ2n) is 6.71. The van der Waals surface area contributed by atoms with Crippen molar-refractivity contribution < 1.29 is 17.9 Å². The van der Waals surface area contributed by atoms with Gasteiger partial charge in [-0.1, -0.05) is 43.6 Å². The average molecular weight is 439 g/mol. The molecule has 1 N–H and O–H groups in total. The van der Waals surface area contributed by atoms with E-state index in [1.165, 1.54) is 0 Å². The summed E-state index contributed by atoms with van der Waals surface area (Å²) >= 11 is 6.05. The number of carbonyl (C=O) groups is 1. The fraction of sp³-hybridized carbons (Fsp3) is 0.381. The molecular weight excluding hydrogens is 412 g/mol. The van der Waals surface area contributed by atoms with Crippen LogP contribution in [0.5, 0.6) is 5.75 Å². The number of rotatable bonds is 9. The zero-order valence-corrected chi connectivity index (χ0v) is 18.6. The van der Waals surface area contributed by atoms with Crippen LogP contribution in [0.3, 0.4) is 0 Å². The lowest BCUT2D eigenvalue weighted by molar-refractivity contribution is -0.123. The van der Waals surface area contributed by atoms with Crippen LogP contribution in [0.25, 0.3) is 0 Å². The van der Waals surface area contributed by atoms with Gasteiger partial charge in [-0.2, -0.15) is 0 Å². The van der Waals surface area contributed by atoms with Gasteiger partial charge in [-0.05, 0) is 48.7 Å². The largest absolute Gasteiger partial charge is 0.497 e. The van der Waals surface area contributed by atoms with E-state index in [1.807, 2.05) is 31.2 Å². The monoisotopic (exact) mass is 438 g/mol. The van der Waals surface area contributed by atoms with Crippen molar-refractivity contribution in [2.24, 2.45) is 0 Å². The molecular formula is C21H27ClN2O4S. The molecule has 6 nitrogen and oxygen atoms in total. The molecule has 0 bridgehead atoms. The fourth-order valence-corrected chi connectivity index (χ4v) is 4.59. The average Bonchev–Trinajstić information content (AvgIpc) is 2.69. The number of nitrogens with one attached hydrogen (secondary N) is 1. The van der Waals surface area contributed by atoms with E-state index in [1.54, 1.807) is 38.3 Å². The van der Waals surface area contributed by atoms with Gasteiger partial charge >= 0.3 is 0 Å². The number of sulfonamides is 1. The summed E-state index contributed by atoms with van der Waals surface area (Å²) in [5.41, 5.74) is 1.28. The second kappa shape index (κ2) is 9.98. The zero-order chi connectivity index (χ0) is 21.6. The van der Waals surface area contributed by atoms with Crippen molar-refractivity contribution in [2.75, 3.05) is 17.7 Å². The van der Waals surface area contributed by atoms with Gasteiger partial charge in [0, 0.05) is 5.02 Å². The third-order valence-electron chi connectivity index (χ3n) is 4.64. The minimum atomic E-state index is -3.71. The summed E-state index contributed by atoms with van der Waals surface area (Å²) in [4.78, 5) is 13.1. The Balaban J connectivity index is 2.32. The quantitative estimate of drug-likeness (QED) is 0.637. The Kier molecular flexibility index (Phi) is 7.93. The van der Waals surface area contributed by atoms with Crippen molar-refractivity contribution in [3.05, 3.63) is 59.1 Å². The molecule has 0 aliphatic heterocycles. The van der Waals surface area contributed by atoms with Crippen molar-refractivity contribution in [1.82, 2.24) is 5.32 Å². The highest BCUT2D eigenvalue weighted by Gasteiger charge is 2.32. The van der Waals surface area contributed by atoms with E-state index in [-0.39, 0.29) is 11.9 Å². The molecule has 0 aliphatic carbocycles. The summed E-state index contributed by atoms with van der Waals surface area (Å²) < 4.78 is 31.4. The van der Waals surface area contributed by atoms with Crippen molar-refractivity contribution >= 4 is 33.2 Å². The molecule has 0 aliphatic rings. The number of methoxy groups -OCH3 is 1. The SMILES string of the molecule is CC[C@@H](NC(=O)[C@H](CC)N(c1cccc(Cl)c1)S(C)(=O)=O)c1ccc(OC)cc1. The maximum Gasteiger partial charge on any atom is 0.244 e. The van der Waals surface area contributed by atoms with Crippen LogP contribution in [0, 0.1) is 0 Å². The maximum absolute atomic E-state index is 13.1. The van der Waals surface area contributed by atoms with Gasteiger partial charge < -0.3 is 10.1 Å². The van der Waals surface area contributed by atoms with Crippen molar-refractivity contribution in [1.29, 1.82) is 0 Å². The van der Waals surface area contributed by atoms with E-state index in [9.17, 15) is 13.2 Å². The first kappa shape index (κ1) is 23.0. The number of benzene rings is 2. The number of anilines is 1. The van der Waals surface area contributed by atoms with Gasteiger partial charge in [0.2, 0.25) is 15.9 Å². The summed E-state index contributed by atoms with van der Waals surface area (Å²) in [5, 5.41) is 3.39. The van der Waals surface area contributed by atoms with Crippen LogP contribution in [0.2, 0.25) is 5.02 Å². The Morgan fingerprint density at radius 2 is 1.79 bits per heavy atom. The number of carbonyl (C=O) groups excluding carboxylic acids is 1. The van der Waals surface area contributed by atoms with E-state index >= 15 is 0 Å². The molecule has 29 heavy (non-hydrogen) atoms. The van der Waals surface area contributed by atoms with E-state index in [0.29, 0.717) is 23.6 Å². The third-order valence-corrected chi connectivity index (χ3v) is 6.05. The van der Waals surface area contributed by atoms with Gasteiger partial charge in [-0.15, -0.1) is 0 Å². The van der Waals surface area contributed by atoms with E-state index in [0.717, 1.165) is 21.9 Å². The molecule has 2 atom stereocenters. The van der Waals surface area contributed by atoms with Crippen LogP contribution in [0.4, 0.5) is 5.69 Å². The van der Waals surface area contributed by atoms with Crippen molar-refractivity contribution in [3.8, 4) is 5.75 Å². The van der Waals surface area contributed by atoms with E-state index in [4.69, 9.17) is 16.3 Å². The third kappa shape index (κ3) is 5.87. The first-order valence-corrected chi connectivity index (χ1v) is 11.6. The Hall–Kier alpha value is -2.25. The van der Waals surface area contributed by atoms with Gasteiger partial charge in [0.05, 0.1) is 25.1 Å². The molecule has 0 radical (unpaired) electrons. The highest BCUT2D eigenvalue weighted by molar-refractivity contribution is 7.92. The fourth-order valence-electron chi connectivity index (χ4n) is 3.20. The number of ether oxygens (including phenoxy) is 1. The smallest absolute Gasteiger partial charge is 0.244 e. The number of halogens is 1. The standard InChI is InChI=1S/C21H27ClN2O4S/c1-5-19(15-10-12-18(28-3)13-11-15)23-21(25)20(6-2)24(29(4,26)27)17-9-7-8-16(22)14-17/h7-14,19-20H,5-6H2,1-4H3,(H,23,25)/t19-,20+/m1/s1. The molecule has 1 amide bonds. The number of hydrogen-bond acceptors (Lipinski definition) is 4. The summed E-state index contributed by atoms with van der Waals surface area (Å²) in [6.07, 6.45) is 2.06. The minimum Gasteiger partial charge on any atom is -0.497 e. The predicted molar refractivity (Wildman–Crippen MR) is 117 cm³/mol. The van der Waals surface area contributed by atoms with Crippen LogP contribution in [0.15, 0.2) is 48.5 Å². The summed E-state index contributed by atoms with van der Waals surface area (Å²) in [7, 11) is -2.12. The van der Waals surface area contributed by atoms with Gasteiger partial charge in [0.15, 0.2) is 0 Å². The Bertz CT molecular complexity index is 932. The van der Waals surface area contributed by atoms with Gasteiger partial charge in [-0.25, -0.2) is 8.42 Å². The molecule has 0 fully saturated rings. The lowest BCUT2D eigenvalue weighted by Crippen LogP contribution is -2.50. The van der Waals surface area contributed by atoms with Crippen LogP contribution in [-0.2, 0) is 14.8 Å². The molecule has 8 heteroatoms. The number of amides is 1. The zero-order valence-electron chi connectivity index (χ0n) is 17.1. The van der Waals surface area contributed by atoms with Crippen LogP contribution in [-0.4, -0.2) is 33.7 Å². The van der Waals surface area contributed by atoms with Crippen LogP contribution in [0.1, 0.15) is 38.3 Å². The lowest BCUT2D eigenvalue weighted by atomic mass is 10.0. The summed E-state index contributed by atoms with van der Waals surface area (Å²) in [6, 6.07) is 12.8. The predicted octanol–water partition coefficient (Wildman–Crippen LogP) is 4.16. The first-order chi connectivity index (χ1) is 13.7. The molecule has 158 valence electrons. The number of hydrogen-bond donors (Lipinski definition) is 1. The van der Waals surface area contributed by atoms with Crippen LogP contribution < -0.4 is 14.4 Å². The van der Waals surface area contributed by atoms with E-state index < -0.39 is 16.1 Å². The van der Waals surface area contributed by atoms with Gasteiger partial charge in [0.25, 0.3) is 0 Å². The Morgan fingerprint density at radius 3 is 2.28 bits per heavy atom. The molecule has 2 rings (SSSR count). The lowest BCUT2D eigenvalue weighted by Gasteiger charge is -2.31. The van der Waals surface area contributed by atoms with Gasteiger partial charge in [0.1, 0.15) is 11.8 Å². The molecule has 0 spiro atoms. The molecule has 0 unspecified atom stereocenters. The number of nitrogens with zero attached hydrogens (tertiary/aromatic N) is 1. The highest BCUT2D eigenvalue weighted by atomic mass is 35.5. The first-order valence-electron chi connectivity index (χ1n) is 9.40. The Labute approximate surface area is 177 Å². The Morgan fingerprint density at radius 1 is 1.14 bits per heavy atom. The molecule has 0 aromatic heterocycles. The van der Waals surface area contributed by atoms with E-state index in [2.05, 4.69) is 5.32 Å². The molecule has 2 aromatic rings. The second-order valence-corrected chi connectivity index (χ2v) is 9.00.